The lowest BCUT2D eigenvalue weighted by Crippen LogP contribution is -2.21. The molecule has 2 unspecified atom stereocenters. The van der Waals surface area contributed by atoms with Crippen molar-refractivity contribution in [1.29, 1.82) is 0 Å². The molecule has 0 heterocycles. The van der Waals surface area contributed by atoms with E-state index in [9.17, 15) is 24.1 Å². The quantitative estimate of drug-likeness (QED) is 0.216. The zero-order valence-corrected chi connectivity index (χ0v) is 15.2. The van der Waals surface area contributed by atoms with Gasteiger partial charge in [0.25, 0.3) is 0 Å². The van der Waals surface area contributed by atoms with Crippen molar-refractivity contribution in [1.82, 2.24) is 0 Å². The number of hydrogen-bond acceptors (Lipinski definition) is 6. The molecule has 0 saturated carbocycles. The maximum Gasteiger partial charge on any atom is 0.307 e. The van der Waals surface area contributed by atoms with Gasteiger partial charge in [-0.2, -0.15) is 0 Å². The highest BCUT2D eigenvalue weighted by molar-refractivity contribution is 7.58. The molecular weight excluding hydrogens is 363 g/mol. The van der Waals surface area contributed by atoms with E-state index in [0.29, 0.717) is 11.8 Å². The molecule has 0 aliphatic heterocycles. The molecule has 2 atom stereocenters. The van der Waals surface area contributed by atoms with Crippen LogP contribution in [0.4, 0.5) is 0 Å². The summed E-state index contributed by atoms with van der Waals surface area (Å²) in [5, 5.41) is 18.1. The Balaban J connectivity index is 2.82. The predicted octanol–water partition coefficient (Wildman–Crippen LogP) is 2.61. The van der Waals surface area contributed by atoms with Crippen LogP contribution in [0, 0.1) is 5.92 Å². The summed E-state index contributed by atoms with van der Waals surface area (Å²) < 4.78 is 23.6. The van der Waals surface area contributed by atoms with Gasteiger partial charge in [-0.05, 0) is 12.0 Å². The van der Waals surface area contributed by atoms with Gasteiger partial charge in [0.1, 0.15) is 6.29 Å². The van der Waals surface area contributed by atoms with Crippen molar-refractivity contribution >= 4 is 25.6 Å². The molecule has 1 aromatic carbocycles. The molecule has 1 aromatic rings. The maximum absolute atomic E-state index is 13.2. The van der Waals surface area contributed by atoms with Crippen molar-refractivity contribution < 1.29 is 38.4 Å². The summed E-state index contributed by atoms with van der Waals surface area (Å²) in [4.78, 5) is 32.4. The van der Waals surface area contributed by atoms with Crippen molar-refractivity contribution in [3.8, 4) is 0 Å². The van der Waals surface area contributed by atoms with Crippen LogP contribution in [0.15, 0.2) is 30.3 Å². The zero-order valence-electron chi connectivity index (χ0n) is 14.3. The monoisotopic (exact) mass is 386 g/mol. The highest BCUT2D eigenvalue weighted by Gasteiger charge is 2.32. The average molecular weight is 386 g/mol. The third-order valence-corrected chi connectivity index (χ3v) is 5.99. The van der Waals surface area contributed by atoms with Gasteiger partial charge in [-0.15, -0.1) is 0 Å². The smallest absolute Gasteiger partial charge is 0.307 e. The lowest BCUT2D eigenvalue weighted by atomic mass is 10.1. The lowest BCUT2D eigenvalue weighted by Gasteiger charge is -2.22. The minimum absolute atomic E-state index is 0.0156. The second-order valence-electron chi connectivity index (χ2n) is 5.72. The van der Waals surface area contributed by atoms with Gasteiger partial charge >= 0.3 is 11.9 Å². The number of aliphatic carboxylic acids is 2. The van der Waals surface area contributed by atoms with Crippen molar-refractivity contribution in [2.45, 2.75) is 25.4 Å². The van der Waals surface area contributed by atoms with Gasteiger partial charge in [0, 0.05) is 25.2 Å². The SMILES string of the molecule is O=CCCOCOP(=O)(Cc1ccccc1)CC(CCC(=O)O)C(=O)O. The summed E-state index contributed by atoms with van der Waals surface area (Å²) in [5.41, 5.74) is 0.714. The van der Waals surface area contributed by atoms with E-state index in [-0.39, 0.29) is 45.0 Å². The van der Waals surface area contributed by atoms with E-state index in [2.05, 4.69) is 0 Å². The molecule has 0 saturated heterocycles. The van der Waals surface area contributed by atoms with Gasteiger partial charge in [-0.25, -0.2) is 0 Å². The zero-order chi connectivity index (χ0) is 19.4. The van der Waals surface area contributed by atoms with Crippen LogP contribution in [0.25, 0.3) is 0 Å². The number of hydrogen-bond donors (Lipinski definition) is 2. The number of aldehydes is 1. The Bertz CT molecular complexity index is 631. The molecular formula is C17H23O8P. The second-order valence-corrected chi connectivity index (χ2v) is 8.29. The van der Waals surface area contributed by atoms with Gasteiger partial charge < -0.3 is 24.3 Å². The molecule has 0 spiro atoms. The van der Waals surface area contributed by atoms with Gasteiger partial charge in [-0.1, -0.05) is 30.3 Å². The number of benzene rings is 1. The normalized spacial score (nSPS) is 14.3. The predicted molar refractivity (Wildman–Crippen MR) is 93.2 cm³/mol. The van der Waals surface area contributed by atoms with Gasteiger partial charge in [0.2, 0.25) is 7.37 Å². The highest BCUT2D eigenvalue weighted by Crippen LogP contribution is 2.52. The Morgan fingerprint density at radius 2 is 1.88 bits per heavy atom. The summed E-state index contributed by atoms with van der Waals surface area (Å²) in [6, 6.07) is 8.82. The summed E-state index contributed by atoms with van der Waals surface area (Å²) >= 11 is 0. The van der Waals surface area contributed by atoms with Crippen molar-refractivity contribution in [3.05, 3.63) is 35.9 Å². The number of rotatable bonds is 14. The minimum Gasteiger partial charge on any atom is -0.481 e. The number of carboxylic acid groups (broad SMARTS) is 2. The first-order chi connectivity index (χ1) is 12.4. The van der Waals surface area contributed by atoms with Crippen LogP contribution < -0.4 is 0 Å². The standard InChI is InChI=1S/C17H23O8P/c18-9-4-10-24-13-25-26(23,11-14-5-2-1-3-6-14)12-15(17(21)22)7-8-16(19)20/h1-3,5-6,9,15H,4,7-8,10-13H2,(H,19,20)(H,21,22). The summed E-state index contributed by atoms with van der Waals surface area (Å²) in [6.07, 6.45) is 0.0961. The van der Waals surface area contributed by atoms with Crippen LogP contribution in [-0.2, 0) is 34.4 Å². The molecule has 2 N–H and O–H groups in total. The number of carbonyl (C=O) groups excluding carboxylic acids is 1. The van der Waals surface area contributed by atoms with Crippen LogP contribution in [0.5, 0.6) is 0 Å². The van der Waals surface area contributed by atoms with Crippen molar-refractivity contribution in [2.24, 2.45) is 5.92 Å². The number of carboxylic acids is 2. The Labute approximate surface area is 151 Å². The fourth-order valence-electron chi connectivity index (χ4n) is 2.27. The lowest BCUT2D eigenvalue weighted by molar-refractivity contribution is -0.142. The van der Waals surface area contributed by atoms with E-state index in [1.807, 2.05) is 0 Å². The molecule has 0 aliphatic carbocycles. The molecule has 8 nitrogen and oxygen atoms in total. The fourth-order valence-corrected chi connectivity index (χ4v) is 4.64. The molecule has 0 radical (unpaired) electrons. The molecule has 1 rings (SSSR count). The Morgan fingerprint density at radius 1 is 1.19 bits per heavy atom. The maximum atomic E-state index is 13.2. The van der Waals surface area contributed by atoms with Gasteiger partial charge in [0.15, 0.2) is 6.79 Å². The summed E-state index contributed by atoms with van der Waals surface area (Å²) in [7, 11) is -3.45. The third kappa shape index (κ3) is 8.89. The number of ether oxygens (including phenoxy) is 1. The molecule has 0 amide bonds. The molecule has 0 fully saturated rings. The van der Waals surface area contributed by atoms with E-state index in [0.717, 1.165) is 0 Å². The Kier molecular flexibility index (Phi) is 9.80. The Morgan fingerprint density at radius 3 is 2.46 bits per heavy atom. The van der Waals surface area contributed by atoms with Crippen molar-refractivity contribution in [3.63, 3.8) is 0 Å². The van der Waals surface area contributed by atoms with Crippen molar-refractivity contribution in [2.75, 3.05) is 19.6 Å². The third-order valence-electron chi connectivity index (χ3n) is 3.57. The summed E-state index contributed by atoms with van der Waals surface area (Å²) in [6.45, 7) is -0.223. The van der Waals surface area contributed by atoms with Crippen LogP contribution in [0.1, 0.15) is 24.8 Å². The fraction of sp³-hybridized carbons (Fsp3) is 0.471. The minimum atomic E-state index is -3.45. The first kappa shape index (κ1) is 22.0. The van der Waals surface area contributed by atoms with E-state index in [4.69, 9.17) is 14.4 Å². The van der Waals surface area contributed by atoms with E-state index < -0.39 is 25.2 Å². The number of carbonyl (C=O) groups is 3. The topological polar surface area (TPSA) is 127 Å². The molecule has 9 heteroatoms. The molecule has 0 bridgehead atoms. The molecule has 0 aliphatic rings. The van der Waals surface area contributed by atoms with Crippen LogP contribution in [0.2, 0.25) is 0 Å². The van der Waals surface area contributed by atoms with E-state index in [1.54, 1.807) is 30.3 Å². The average Bonchev–Trinajstić information content (AvgIpc) is 2.59. The van der Waals surface area contributed by atoms with Crippen LogP contribution in [0.3, 0.4) is 0 Å². The summed E-state index contributed by atoms with van der Waals surface area (Å²) in [5.74, 6) is -3.44. The van der Waals surface area contributed by atoms with E-state index in [1.165, 1.54) is 0 Å². The first-order valence-electron chi connectivity index (χ1n) is 8.09. The molecule has 26 heavy (non-hydrogen) atoms. The van der Waals surface area contributed by atoms with E-state index >= 15 is 0 Å². The Hall–Kier alpha value is -2.02. The van der Waals surface area contributed by atoms with Gasteiger partial charge in [-0.3, -0.25) is 14.2 Å². The molecule has 144 valence electrons. The van der Waals surface area contributed by atoms with Gasteiger partial charge in [0.05, 0.1) is 12.5 Å². The largest absolute Gasteiger partial charge is 0.481 e. The first-order valence-corrected chi connectivity index (χ1v) is 10.1. The highest BCUT2D eigenvalue weighted by atomic mass is 31.2. The van der Waals surface area contributed by atoms with Crippen LogP contribution in [-0.4, -0.2) is 48.0 Å². The second kappa shape index (κ2) is 11.6. The van der Waals surface area contributed by atoms with Crippen LogP contribution >= 0.6 is 7.37 Å². The molecule has 0 aromatic heterocycles.